The topological polar surface area (TPSA) is 24.7 Å². The van der Waals surface area contributed by atoms with Crippen LogP contribution in [0.2, 0.25) is 0 Å². The summed E-state index contributed by atoms with van der Waals surface area (Å²) in [6.45, 7) is 0. The summed E-state index contributed by atoms with van der Waals surface area (Å²) in [4.78, 5) is 0. The van der Waals surface area contributed by atoms with Crippen molar-refractivity contribution in [1.82, 2.24) is 0 Å². The maximum Gasteiger partial charge on any atom is 0.0791 e. The first-order valence-corrected chi connectivity index (χ1v) is 4.31. The highest BCUT2D eigenvalue weighted by Gasteiger charge is 2.77. The number of hydrogen-bond donors (Lipinski definition) is 0. The third-order valence-electron chi connectivity index (χ3n) is 4.33. The molecule has 2 bridgehead atoms. The Bertz CT molecular complexity index is 246. The Morgan fingerprint density at radius 1 is 1.20 bits per heavy atom. The van der Waals surface area contributed by atoms with Crippen LogP contribution in [0.25, 0.3) is 0 Å². The molecule has 1 aliphatic heterocycles. The van der Waals surface area contributed by atoms with Gasteiger partial charge in [0, 0.05) is 5.41 Å². The van der Waals surface area contributed by atoms with Crippen LogP contribution in [0, 0.1) is 17.3 Å². The van der Waals surface area contributed by atoms with E-state index in [1.165, 1.54) is 19.3 Å². The van der Waals surface area contributed by atoms with Gasteiger partial charge in [0.1, 0.15) is 0 Å². The van der Waals surface area contributed by atoms with E-state index >= 15 is 0 Å². The molecule has 5 atom stereocenters. The van der Waals surface area contributed by atoms with Crippen LogP contribution in [-0.4, -0.2) is 12.1 Å². The van der Waals surface area contributed by atoms with Gasteiger partial charge in [-0.3, -0.25) is 0 Å². The van der Waals surface area contributed by atoms with Crippen molar-refractivity contribution in [2.45, 2.75) is 31.3 Å². The van der Waals surface area contributed by atoms with Crippen molar-refractivity contribution in [3.05, 3.63) is 0 Å². The molecule has 0 radical (unpaired) electrons. The summed E-state index contributed by atoms with van der Waals surface area (Å²) in [7, 11) is 0. The molecule has 1 heterocycles. The van der Waals surface area contributed by atoms with Crippen LogP contribution in [0.5, 0.6) is 0 Å². The molecule has 2 heteroatoms. The summed E-state index contributed by atoms with van der Waals surface area (Å²) in [6, 6.07) is 1.35. The molecular weight excluding hydrogens is 124 g/mol. The van der Waals surface area contributed by atoms with Crippen LogP contribution in [0.1, 0.15) is 19.3 Å². The van der Waals surface area contributed by atoms with E-state index in [2.05, 4.69) is 10.2 Å². The Kier molecular flexibility index (Phi) is 0.435. The SMILES string of the molecule is C1C2N=NC1C13CC1CC23. The van der Waals surface area contributed by atoms with Crippen molar-refractivity contribution >= 4 is 0 Å². The van der Waals surface area contributed by atoms with Crippen LogP contribution in [0.4, 0.5) is 0 Å². The van der Waals surface area contributed by atoms with Crippen molar-refractivity contribution in [2.75, 3.05) is 0 Å². The fraction of sp³-hybridized carbons (Fsp3) is 1.00. The highest BCUT2D eigenvalue weighted by atomic mass is 15.2. The fourth-order valence-corrected chi connectivity index (χ4v) is 3.72. The lowest BCUT2D eigenvalue weighted by Crippen LogP contribution is -2.35. The van der Waals surface area contributed by atoms with E-state index in [0.29, 0.717) is 12.1 Å². The van der Waals surface area contributed by atoms with Crippen LogP contribution < -0.4 is 0 Å². The maximum absolute atomic E-state index is 4.33. The van der Waals surface area contributed by atoms with E-state index in [1.807, 2.05) is 0 Å². The number of fused-ring (bicyclic) bond motifs is 3. The van der Waals surface area contributed by atoms with Gasteiger partial charge in [0.05, 0.1) is 12.1 Å². The molecule has 0 saturated heterocycles. The van der Waals surface area contributed by atoms with Crippen LogP contribution >= 0.6 is 0 Å². The van der Waals surface area contributed by atoms with E-state index in [4.69, 9.17) is 0 Å². The largest absolute Gasteiger partial charge is 0.190 e. The Morgan fingerprint density at radius 2 is 2.20 bits per heavy atom. The smallest absolute Gasteiger partial charge is 0.0791 e. The molecule has 4 aliphatic rings. The zero-order valence-corrected chi connectivity index (χ0v) is 5.83. The van der Waals surface area contributed by atoms with Crippen molar-refractivity contribution in [3.8, 4) is 0 Å². The van der Waals surface area contributed by atoms with Crippen molar-refractivity contribution in [3.63, 3.8) is 0 Å². The van der Waals surface area contributed by atoms with Gasteiger partial charge in [0.15, 0.2) is 0 Å². The second kappa shape index (κ2) is 0.973. The average Bonchev–Trinajstić information content (AvgIpc) is 2.24. The third-order valence-corrected chi connectivity index (χ3v) is 4.33. The Balaban J connectivity index is 1.95. The summed E-state index contributed by atoms with van der Waals surface area (Å²) in [5.41, 5.74) is 0.756. The van der Waals surface area contributed by atoms with E-state index in [1.54, 1.807) is 0 Å². The molecule has 3 fully saturated rings. The molecule has 3 saturated carbocycles. The minimum Gasteiger partial charge on any atom is -0.190 e. The normalized spacial score (nSPS) is 72.8. The number of rotatable bonds is 0. The van der Waals surface area contributed by atoms with Gasteiger partial charge in [0.2, 0.25) is 0 Å². The lowest BCUT2D eigenvalue weighted by atomic mass is 9.72. The highest BCUT2D eigenvalue weighted by molar-refractivity contribution is 5.29. The molecule has 1 spiro atoms. The first-order chi connectivity index (χ1) is 4.91. The number of hydrogen-bond acceptors (Lipinski definition) is 2. The van der Waals surface area contributed by atoms with E-state index in [9.17, 15) is 0 Å². The zero-order valence-electron chi connectivity index (χ0n) is 5.83. The van der Waals surface area contributed by atoms with Crippen LogP contribution in [0.3, 0.4) is 0 Å². The molecule has 4 rings (SSSR count). The zero-order chi connectivity index (χ0) is 6.34. The monoisotopic (exact) mass is 134 g/mol. The van der Waals surface area contributed by atoms with E-state index in [0.717, 1.165) is 17.3 Å². The standard InChI is InChI=1S/C8H10N2/c1-4-3-8(4)5(1)6-2-7(8)10-9-6/h4-7H,1-3H2. The lowest BCUT2D eigenvalue weighted by molar-refractivity contribution is 0.148. The van der Waals surface area contributed by atoms with Crippen molar-refractivity contribution < 1.29 is 0 Å². The van der Waals surface area contributed by atoms with Gasteiger partial charge < -0.3 is 0 Å². The summed E-state index contributed by atoms with van der Waals surface area (Å²) in [5.74, 6) is 2.08. The number of nitrogens with zero attached hydrogens (tertiary/aromatic N) is 2. The summed E-state index contributed by atoms with van der Waals surface area (Å²) in [6.07, 6.45) is 4.29. The molecule has 5 unspecified atom stereocenters. The molecular formula is C8H10N2. The van der Waals surface area contributed by atoms with E-state index in [-0.39, 0.29) is 0 Å². The number of azo groups is 1. The van der Waals surface area contributed by atoms with Crippen molar-refractivity contribution in [2.24, 2.45) is 27.5 Å². The Labute approximate surface area is 59.7 Å². The van der Waals surface area contributed by atoms with Gasteiger partial charge in [-0.05, 0) is 31.1 Å². The average molecular weight is 134 g/mol. The van der Waals surface area contributed by atoms with Crippen LogP contribution in [-0.2, 0) is 0 Å². The second-order valence-electron chi connectivity index (χ2n) is 4.41. The molecule has 0 aromatic carbocycles. The summed E-state index contributed by atoms with van der Waals surface area (Å²) < 4.78 is 0. The maximum atomic E-state index is 4.33. The predicted octanol–water partition coefficient (Wildman–Crippen LogP) is 1.62. The summed E-state index contributed by atoms with van der Waals surface area (Å²) >= 11 is 0. The quantitative estimate of drug-likeness (QED) is 0.481. The first kappa shape index (κ1) is 4.47. The van der Waals surface area contributed by atoms with E-state index < -0.39 is 0 Å². The predicted molar refractivity (Wildman–Crippen MR) is 35.7 cm³/mol. The minimum absolute atomic E-state index is 0.670. The van der Waals surface area contributed by atoms with Gasteiger partial charge in [-0.1, -0.05) is 0 Å². The lowest BCUT2D eigenvalue weighted by Gasteiger charge is -2.35. The van der Waals surface area contributed by atoms with Crippen LogP contribution in [0.15, 0.2) is 10.2 Å². The van der Waals surface area contributed by atoms with Gasteiger partial charge in [0.25, 0.3) is 0 Å². The molecule has 0 N–H and O–H groups in total. The van der Waals surface area contributed by atoms with Crippen molar-refractivity contribution in [1.29, 1.82) is 0 Å². The molecule has 2 nitrogen and oxygen atoms in total. The molecule has 0 amide bonds. The molecule has 3 aliphatic carbocycles. The Morgan fingerprint density at radius 3 is 2.80 bits per heavy atom. The Hall–Kier alpha value is -0.400. The molecule has 10 heavy (non-hydrogen) atoms. The van der Waals surface area contributed by atoms with Gasteiger partial charge >= 0.3 is 0 Å². The molecule has 52 valence electrons. The molecule has 0 aromatic heterocycles. The second-order valence-corrected chi connectivity index (χ2v) is 4.41. The highest BCUT2D eigenvalue weighted by Crippen LogP contribution is 2.79. The van der Waals surface area contributed by atoms with Gasteiger partial charge in [-0.25, -0.2) is 0 Å². The first-order valence-electron chi connectivity index (χ1n) is 4.31. The fourth-order valence-electron chi connectivity index (χ4n) is 3.72. The summed E-state index contributed by atoms with van der Waals surface area (Å²) in [5, 5.41) is 8.61. The minimum atomic E-state index is 0.670. The van der Waals surface area contributed by atoms with Gasteiger partial charge in [-0.2, -0.15) is 10.2 Å². The molecule has 0 aromatic rings. The van der Waals surface area contributed by atoms with Gasteiger partial charge in [-0.15, -0.1) is 0 Å². The third kappa shape index (κ3) is 0.234.